The van der Waals surface area contributed by atoms with Crippen molar-refractivity contribution in [2.75, 3.05) is 13.1 Å². The van der Waals surface area contributed by atoms with Crippen LogP contribution in [0.3, 0.4) is 0 Å². The predicted molar refractivity (Wildman–Crippen MR) is 83.0 cm³/mol. The fourth-order valence-electron chi connectivity index (χ4n) is 2.19. The van der Waals surface area contributed by atoms with Crippen molar-refractivity contribution in [2.45, 2.75) is 19.9 Å². The number of para-hydroxylation sites is 1. The summed E-state index contributed by atoms with van der Waals surface area (Å²) in [5.41, 5.74) is 0.556. The Bertz CT molecular complexity index is 704. The minimum absolute atomic E-state index is 0.0714. The molecule has 0 radical (unpaired) electrons. The second-order valence-corrected chi connectivity index (χ2v) is 5.14. The van der Waals surface area contributed by atoms with Crippen molar-refractivity contribution in [1.29, 1.82) is 0 Å². The number of hydrogen-bond donors (Lipinski definition) is 2. The maximum atomic E-state index is 12.6. The van der Waals surface area contributed by atoms with Gasteiger partial charge in [-0.1, -0.05) is 18.2 Å². The largest absolute Gasteiger partial charge is 0.480 e. The normalized spacial score (nSPS) is 11.9. The molecular formula is C16H18N2O5. The number of carbonyl (C=O) groups excluding carboxylic acids is 2. The molecule has 2 rings (SSSR count). The molecule has 1 atom stereocenters. The van der Waals surface area contributed by atoms with Gasteiger partial charge in [0.15, 0.2) is 5.76 Å². The number of aliphatic carboxylic acids is 1. The smallest absolute Gasteiger partial charge is 0.326 e. The van der Waals surface area contributed by atoms with Crippen molar-refractivity contribution in [3.05, 3.63) is 36.1 Å². The number of nitrogens with one attached hydrogen (secondary N) is 1. The zero-order chi connectivity index (χ0) is 17.0. The van der Waals surface area contributed by atoms with E-state index in [4.69, 9.17) is 4.42 Å². The lowest BCUT2D eigenvalue weighted by atomic mass is 10.2. The van der Waals surface area contributed by atoms with Crippen molar-refractivity contribution in [3.63, 3.8) is 0 Å². The summed E-state index contributed by atoms with van der Waals surface area (Å²) in [6, 6.07) is 7.68. The zero-order valence-electron chi connectivity index (χ0n) is 12.9. The Morgan fingerprint density at radius 1 is 1.30 bits per heavy atom. The van der Waals surface area contributed by atoms with E-state index in [1.54, 1.807) is 24.3 Å². The summed E-state index contributed by atoms with van der Waals surface area (Å²) in [4.78, 5) is 35.9. The van der Waals surface area contributed by atoms with Gasteiger partial charge in [0.25, 0.3) is 5.91 Å². The first-order valence-electron chi connectivity index (χ1n) is 7.17. The monoisotopic (exact) mass is 318 g/mol. The van der Waals surface area contributed by atoms with Gasteiger partial charge in [-0.15, -0.1) is 0 Å². The molecule has 2 N–H and O–H groups in total. The molecule has 1 aromatic heterocycles. The summed E-state index contributed by atoms with van der Waals surface area (Å²) in [5.74, 6) is -1.83. The molecule has 0 saturated carbocycles. The van der Waals surface area contributed by atoms with Crippen LogP contribution in [0.5, 0.6) is 0 Å². The van der Waals surface area contributed by atoms with Gasteiger partial charge in [0, 0.05) is 25.4 Å². The number of carboxylic acids is 1. The topological polar surface area (TPSA) is 99.9 Å². The summed E-state index contributed by atoms with van der Waals surface area (Å²) < 4.78 is 5.50. The van der Waals surface area contributed by atoms with Crippen LogP contribution in [0.2, 0.25) is 0 Å². The Labute approximate surface area is 132 Å². The molecule has 2 amide bonds. The van der Waals surface area contributed by atoms with Crippen LogP contribution in [0.25, 0.3) is 11.0 Å². The third-order valence-corrected chi connectivity index (χ3v) is 3.45. The van der Waals surface area contributed by atoms with Crippen molar-refractivity contribution < 1.29 is 23.9 Å². The molecule has 1 unspecified atom stereocenters. The van der Waals surface area contributed by atoms with Gasteiger partial charge in [-0.05, 0) is 19.1 Å². The predicted octanol–water partition coefficient (Wildman–Crippen LogP) is 1.48. The van der Waals surface area contributed by atoms with Gasteiger partial charge in [0.1, 0.15) is 11.6 Å². The lowest BCUT2D eigenvalue weighted by Gasteiger charge is -2.25. The molecule has 1 heterocycles. The van der Waals surface area contributed by atoms with Gasteiger partial charge < -0.3 is 19.7 Å². The van der Waals surface area contributed by atoms with E-state index >= 15 is 0 Å². The summed E-state index contributed by atoms with van der Waals surface area (Å²) in [6.07, 6.45) is 0. The van der Waals surface area contributed by atoms with Crippen LogP contribution in [0.15, 0.2) is 34.7 Å². The average molecular weight is 318 g/mol. The van der Waals surface area contributed by atoms with E-state index in [9.17, 15) is 19.5 Å². The molecule has 0 aliphatic carbocycles. The van der Waals surface area contributed by atoms with Crippen LogP contribution in [0.4, 0.5) is 0 Å². The highest BCUT2D eigenvalue weighted by molar-refractivity contribution is 5.97. The number of benzene rings is 1. The third kappa shape index (κ3) is 3.88. The van der Waals surface area contributed by atoms with E-state index in [2.05, 4.69) is 5.32 Å². The molecule has 0 spiro atoms. The molecule has 0 aliphatic heterocycles. The van der Waals surface area contributed by atoms with Crippen LogP contribution in [-0.2, 0) is 9.59 Å². The van der Waals surface area contributed by atoms with E-state index in [-0.39, 0.29) is 24.8 Å². The first kappa shape index (κ1) is 16.5. The van der Waals surface area contributed by atoms with E-state index in [1.807, 2.05) is 6.07 Å². The molecule has 0 bridgehead atoms. The SMILES string of the molecule is CC(=O)NCCN(C(=O)c1cc2ccccc2o1)C(C)C(=O)O. The van der Waals surface area contributed by atoms with Gasteiger partial charge in [-0.25, -0.2) is 4.79 Å². The van der Waals surface area contributed by atoms with Gasteiger partial charge in [-0.3, -0.25) is 9.59 Å². The van der Waals surface area contributed by atoms with Crippen LogP contribution < -0.4 is 5.32 Å². The molecule has 2 aromatic rings. The standard InChI is InChI=1S/C16H18N2O5/c1-10(16(21)22)18(8-7-17-11(2)19)15(20)14-9-12-5-3-4-6-13(12)23-14/h3-6,9-10H,7-8H2,1-2H3,(H,17,19)(H,21,22). The van der Waals surface area contributed by atoms with Gasteiger partial charge in [0.2, 0.25) is 5.91 Å². The number of carbonyl (C=O) groups is 3. The maximum Gasteiger partial charge on any atom is 0.326 e. The van der Waals surface area contributed by atoms with Crippen LogP contribution in [-0.4, -0.2) is 46.9 Å². The van der Waals surface area contributed by atoms with E-state index in [0.29, 0.717) is 5.58 Å². The molecule has 23 heavy (non-hydrogen) atoms. The molecule has 0 aliphatic rings. The number of hydrogen-bond acceptors (Lipinski definition) is 4. The van der Waals surface area contributed by atoms with Crippen molar-refractivity contribution in [1.82, 2.24) is 10.2 Å². The van der Waals surface area contributed by atoms with Gasteiger partial charge in [-0.2, -0.15) is 0 Å². The van der Waals surface area contributed by atoms with Gasteiger partial charge >= 0.3 is 5.97 Å². The fourth-order valence-corrected chi connectivity index (χ4v) is 2.19. The number of furan rings is 1. The van der Waals surface area contributed by atoms with Gasteiger partial charge in [0.05, 0.1) is 0 Å². The second kappa shape index (κ2) is 6.95. The molecule has 1 aromatic carbocycles. The molecule has 122 valence electrons. The molecule has 0 saturated heterocycles. The second-order valence-electron chi connectivity index (χ2n) is 5.14. The number of nitrogens with zero attached hydrogens (tertiary/aromatic N) is 1. The maximum absolute atomic E-state index is 12.6. The number of rotatable bonds is 6. The zero-order valence-corrected chi connectivity index (χ0v) is 12.9. The Morgan fingerprint density at radius 2 is 2.00 bits per heavy atom. The van der Waals surface area contributed by atoms with E-state index < -0.39 is 17.9 Å². The average Bonchev–Trinajstić information content (AvgIpc) is 2.94. The molecule has 7 heteroatoms. The van der Waals surface area contributed by atoms with Crippen LogP contribution >= 0.6 is 0 Å². The molecular weight excluding hydrogens is 300 g/mol. The summed E-state index contributed by atoms with van der Waals surface area (Å²) >= 11 is 0. The summed E-state index contributed by atoms with van der Waals surface area (Å²) in [5, 5.41) is 12.5. The Balaban J connectivity index is 2.23. The highest BCUT2D eigenvalue weighted by Crippen LogP contribution is 2.20. The van der Waals surface area contributed by atoms with Crippen LogP contribution in [0, 0.1) is 0 Å². The number of amides is 2. The first-order chi connectivity index (χ1) is 10.9. The fraction of sp³-hybridized carbons (Fsp3) is 0.312. The van der Waals surface area contributed by atoms with E-state index in [0.717, 1.165) is 10.3 Å². The van der Waals surface area contributed by atoms with Crippen molar-refractivity contribution in [2.24, 2.45) is 0 Å². The van der Waals surface area contributed by atoms with E-state index in [1.165, 1.54) is 13.8 Å². The highest BCUT2D eigenvalue weighted by atomic mass is 16.4. The lowest BCUT2D eigenvalue weighted by Crippen LogP contribution is -2.46. The number of fused-ring (bicyclic) bond motifs is 1. The van der Waals surface area contributed by atoms with Crippen molar-refractivity contribution >= 4 is 28.8 Å². The Morgan fingerprint density at radius 3 is 2.61 bits per heavy atom. The Kier molecular flexibility index (Phi) is 5.00. The third-order valence-electron chi connectivity index (χ3n) is 3.45. The summed E-state index contributed by atoms with van der Waals surface area (Å²) in [6.45, 7) is 3.00. The minimum atomic E-state index is -1.13. The first-order valence-corrected chi connectivity index (χ1v) is 7.17. The lowest BCUT2D eigenvalue weighted by molar-refractivity contribution is -0.141. The van der Waals surface area contributed by atoms with Crippen LogP contribution in [0.1, 0.15) is 24.4 Å². The number of carboxylic acid groups (broad SMARTS) is 1. The molecule has 7 nitrogen and oxygen atoms in total. The highest BCUT2D eigenvalue weighted by Gasteiger charge is 2.28. The summed E-state index contributed by atoms with van der Waals surface area (Å²) in [7, 11) is 0. The minimum Gasteiger partial charge on any atom is -0.480 e. The molecule has 0 fully saturated rings. The Hall–Kier alpha value is -2.83. The van der Waals surface area contributed by atoms with Crippen molar-refractivity contribution in [3.8, 4) is 0 Å². The quantitative estimate of drug-likeness (QED) is 0.840.